The van der Waals surface area contributed by atoms with Crippen molar-refractivity contribution in [1.82, 2.24) is 19.8 Å². The molecule has 4 atom stereocenters. The number of nitrogen functional groups attached to an aromatic ring is 1. The Hall–Kier alpha value is -4.00. The summed E-state index contributed by atoms with van der Waals surface area (Å²) in [4.78, 5) is 28.4. The molecule has 16 heteroatoms. The largest absolute Gasteiger partial charge is 0.461 e. The van der Waals surface area contributed by atoms with E-state index in [9.17, 15) is 27.6 Å². The van der Waals surface area contributed by atoms with Crippen LogP contribution in [0.1, 0.15) is 56.9 Å². The van der Waals surface area contributed by atoms with Crippen LogP contribution in [0.15, 0.2) is 18.2 Å². The van der Waals surface area contributed by atoms with E-state index in [1.807, 2.05) is 11.0 Å². The van der Waals surface area contributed by atoms with Gasteiger partial charge in [0, 0.05) is 55.4 Å². The molecular formula is C37H35ClF5N7O2S. The predicted molar refractivity (Wildman–Crippen MR) is 191 cm³/mol. The molecule has 4 aromatic rings. The average Bonchev–Trinajstić information content (AvgIpc) is 3.55. The molecule has 1 amide bonds. The van der Waals surface area contributed by atoms with E-state index in [1.54, 1.807) is 4.90 Å². The van der Waals surface area contributed by atoms with Crippen molar-refractivity contribution in [2.24, 2.45) is 5.92 Å². The van der Waals surface area contributed by atoms with Gasteiger partial charge in [-0.15, -0.1) is 11.3 Å². The zero-order valence-corrected chi connectivity index (χ0v) is 30.1. The number of piperidine rings is 1. The number of carbonyl (C=O) groups excluding carboxylic acids is 1. The van der Waals surface area contributed by atoms with E-state index in [-0.39, 0.29) is 66.9 Å². The van der Waals surface area contributed by atoms with Gasteiger partial charge in [0.05, 0.1) is 26.4 Å². The Morgan fingerprint density at radius 1 is 1.11 bits per heavy atom. The monoisotopic (exact) mass is 771 g/mol. The zero-order valence-electron chi connectivity index (χ0n) is 28.5. The third-order valence-corrected chi connectivity index (χ3v) is 13.5. The quantitative estimate of drug-likeness (QED) is 0.201. The van der Waals surface area contributed by atoms with Crippen molar-refractivity contribution in [2.45, 2.75) is 74.5 Å². The maximum atomic E-state index is 17.2. The number of nitrogens with two attached hydrogens (primary N) is 1. The number of likely N-dealkylation sites (tertiary alicyclic amines) is 1. The van der Waals surface area contributed by atoms with Crippen molar-refractivity contribution in [3.8, 4) is 23.2 Å². The lowest BCUT2D eigenvalue weighted by atomic mass is 9.85. The van der Waals surface area contributed by atoms with Crippen LogP contribution in [-0.4, -0.2) is 88.2 Å². The van der Waals surface area contributed by atoms with Crippen LogP contribution in [0.2, 0.25) is 5.02 Å². The summed E-state index contributed by atoms with van der Waals surface area (Å²) in [5.41, 5.74) is 4.72. The van der Waals surface area contributed by atoms with Gasteiger partial charge in [-0.2, -0.15) is 15.2 Å². The van der Waals surface area contributed by atoms with E-state index in [4.69, 9.17) is 27.1 Å². The van der Waals surface area contributed by atoms with Gasteiger partial charge in [-0.25, -0.2) is 22.0 Å². The molecule has 4 aliphatic heterocycles. The first kappa shape index (κ1) is 34.7. The van der Waals surface area contributed by atoms with Crippen LogP contribution < -0.4 is 15.4 Å². The Labute approximate surface area is 310 Å². The van der Waals surface area contributed by atoms with Gasteiger partial charge in [0.1, 0.15) is 46.9 Å². The maximum Gasteiger partial charge on any atom is 0.319 e. The molecule has 1 spiro atoms. The van der Waals surface area contributed by atoms with Crippen molar-refractivity contribution < 1.29 is 31.5 Å². The smallest absolute Gasteiger partial charge is 0.319 e. The molecule has 53 heavy (non-hydrogen) atoms. The molecule has 9 nitrogen and oxygen atoms in total. The summed E-state index contributed by atoms with van der Waals surface area (Å²) in [7, 11) is 0. The SMILES string of the molecule is N#Cc1c(N)sc2c(F)ccc(-c3c(Cl)cc4c(N5CCC6(CCCCN6C(=O)C6CC6(F)F)C5)nc(OC[C@@]56CCCN5C[C@H](F)C6)nc4c3F)c12. The minimum absolute atomic E-state index is 0.00322. The van der Waals surface area contributed by atoms with Crippen LogP contribution in [0.4, 0.5) is 32.8 Å². The molecule has 4 saturated heterocycles. The van der Waals surface area contributed by atoms with Gasteiger partial charge in [-0.3, -0.25) is 9.69 Å². The molecule has 2 aromatic heterocycles. The van der Waals surface area contributed by atoms with E-state index in [0.29, 0.717) is 51.1 Å². The number of hydrogen-bond donors (Lipinski definition) is 1. The Bertz CT molecular complexity index is 2250. The normalized spacial score (nSPS) is 27.9. The molecule has 6 heterocycles. The highest BCUT2D eigenvalue weighted by Gasteiger charge is 2.64. The van der Waals surface area contributed by atoms with E-state index in [2.05, 4.69) is 9.88 Å². The molecule has 278 valence electrons. The van der Waals surface area contributed by atoms with Crippen LogP contribution in [0, 0.1) is 28.9 Å². The third kappa shape index (κ3) is 5.41. The maximum absolute atomic E-state index is 17.2. The average molecular weight is 772 g/mol. The topological polar surface area (TPSA) is 112 Å². The Kier molecular flexibility index (Phi) is 8.04. The van der Waals surface area contributed by atoms with Gasteiger partial charge in [0.15, 0.2) is 5.82 Å². The first-order valence-electron chi connectivity index (χ1n) is 17.9. The van der Waals surface area contributed by atoms with Crippen molar-refractivity contribution >= 4 is 60.7 Å². The van der Waals surface area contributed by atoms with Gasteiger partial charge in [0.2, 0.25) is 5.91 Å². The van der Waals surface area contributed by atoms with Crippen molar-refractivity contribution in [3.63, 3.8) is 0 Å². The van der Waals surface area contributed by atoms with Crippen molar-refractivity contribution in [2.75, 3.05) is 50.0 Å². The molecule has 1 saturated carbocycles. The number of aromatic nitrogens is 2. The summed E-state index contributed by atoms with van der Waals surface area (Å²) in [5.74, 6) is -6.03. The minimum atomic E-state index is -3.00. The highest BCUT2D eigenvalue weighted by atomic mass is 35.5. The van der Waals surface area contributed by atoms with Gasteiger partial charge < -0.3 is 20.3 Å². The number of ether oxygens (including phenoxy) is 1. The number of hydrogen-bond acceptors (Lipinski definition) is 9. The summed E-state index contributed by atoms with van der Waals surface area (Å²) < 4.78 is 81.3. The fourth-order valence-corrected chi connectivity index (χ4v) is 10.7. The molecule has 5 aliphatic rings. The van der Waals surface area contributed by atoms with Gasteiger partial charge >= 0.3 is 6.01 Å². The van der Waals surface area contributed by atoms with E-state index in [1.165, 1.54) is 18.2 Å². The summed E-state index contributed by atoms with van der Waals surface area (Å²) in [5, 5.41) is 10.3. The van der Waals surface area contributed by atoms with Gasteiger partial charge in [-0.05, 0) is 62.8 Å². The van der Waals surface area contributed by atoms with Crippen LogP contribution in [0.5, 0.6) is 6.01 Å². The summed E-state index contributed by atoms with van der Waals surface area (Å²) in [6, 6.07) is 5.91. The number of nitrogens with zero attached hydrogens (tertiary/aromatic N) is 6. The van der Waals surface area contributed by atoms with Crippen molar-refractivity contribution in [3.05, 3.63) is 40.4 Å². The summed E-state index contributed by atoms with van der Waals surface area (Å²) in [6.07, 6.45) is 3.11. The van der Waals surface area contributed by atoms with E-state index < -0.39 is 53.1 Å². The van der Waals surface area contributed by atoms with E-state index in [0.717, 1.165) is 37.1 Å². The van der Waals surface area contributed by atoms with Crippen molar-refractivity contribution in [1.29, 1.82) is 5.26 Å². The highest BCUT2D eigenvalue weighted by Crippen LogP contribution is 2.52. The molecular weight excluding hydrogens is 737 g/mol. The number of thiophene rings is 1. The molecule has 1 aliphatic carbocycles. The fraction of sp³-hybridized carbons (Fsp3) is 0.514. The number of nitriles is 1. The Balaban J connectivity index is 1.16. The summed E-state index contributed by atoms with van der Waals surface area (Å²) in [6.45, 7) is 2.16. The standard InChI is InChI=1S/C37H35ClF5N7O2S/c38-24-12-21-29(28(41)27(24)20-4-5-25(40)30-26(20)22(15-44)31(45)53-30)46-34(52-18-36-7-3-9-49(36)16-19(39)13-36)47-32(21)48-11-8-35(17-48)6-1-2-10-50(35)33(51)23-14-37(23,42)43/h4-5,12,19,23H,1-3,6-11,13-14,16-18,45H2/t19-,23?,35?,36+/m1/s1. The van der Waals surface area contributed by atoms with Crippen LogP contribution in [0.25, 0.3) is 32.1 Å². The molecule has 2 aromatic carbocycles. The second-order valence-electron chi connectivity index (χ2n) is 15.3. The molecule has 2 unspecified atom stereocenters. The molecule has 0 radical (unpaired) electrons. The van der Waals surface area contributed by atoms with E-state index >= 15 is 4.39 Å². The number of benzene rings is 2. The number of carbonyl (C=O) groups is 1. The molecule has 2 N–H and O–H groups in total. The zero-order chi connectivity index (χ0) is 37.0. The lowest BCUT2D eigenvalue weighted by Crippen LogP contribution is -2.57. The third-order valence-electron chi connectivity index (χ3n) is 12.1. The highest BCUT2D eigenvalue weighted by molar-refractivity contribution is 7.23. The Morgan fingerprint density at radius 3 is 2.70 bits per heavy atom. The molecule has 5 fully saturated rings. The Morgan fingerprint density at radius 2 is 1.92 bits per heavy atom. The number of fused-ring (bicyclic) bond motifs is 3. The van der Waals surface area contributed by atoms with Crippen LogP contribution in [0.3, 0.4) is 0 Å². The summed E-state index contributed by atoms with van der Waals surface area (Å²) >= 11 is 7.77. The number of rotatable bonds is 6. The van der Waals surface area contributed by atoms with Gasteiger partial charge in [0.25, 0.3) is 5.92 Å². The fourth-order valence-electron chi connectivity index (χ4n) is 9.44. The number of anilines is 2. The second kappa shape index (κ2) is 12.3. The van der Waals surface area contributed by atoms with Gasteiger partial charge in [-0.1, -0.05) is 17.7 Å². The first-order chi connectivity index (χ1) is 25.3. The van der Waals surface area contributed by atoms with Crippen LogP contribution >= 0.6 is 22.9 Å². The number of halogens is 6. The van der Waals surface area contributed by atoms with Crippen LogP contribution in [-0.2, 0) is 4.79 Å². The number of alkyl halides is 3. The first-order valence-corrected chi connectivity index (χ1v) is 19.1. The second-order valence-corrected chi connectivity index (χ2v) is 16.7. The molecule has 9 rings (SSSR count). The minimum Gasteiger partial charge on any atom is -0.461 e. The predicted octanol–water partition coefficient (Wildman–Crippen LogP) is 7.47. The lowest BCUT2D eigenvalue weighted by Gasteiger charge is -2.45. The lowest BCUT2D eigenvalue weighted by molar-refractivity contribution is -0.142. The molecule has 0 bridgehead atoms. The number of amides is 1.